The third kappa shape index (κ3) is 5.05. The van der Waals surface area contributed by atoms with Crippen molar-refractivity contribution in [1.29, 1.82) is 0 Å². The van der Waals surface area contributed by atoms with Crippen molar-refractivity contribution in [1.82, 2.24) is 0 Å². The molecular weight excluding hydrogens is 303 g/mol. The molecule has 0 radical (unpaired) electrons. The minimum atomic E-state index is -0.0860. The molecule has 1 nitrogen and oxygen atoms in total. The third-order valence-corrected chi connectivity index (χ3v) is 3.51. The summed E-state index contributed by atoms with van der Waals surface area (Å²) in [5, 5.41) is 1.46. The quantitative estimate of drug-likeness (QED) is 0.619. The number of hydrogen-bond acceptors (Lipinski definition) is 1. The molecule has 108 valence electrons. The van der Waals surface area contributed by atoms with Gasteiger partial charge in [0.1, 0.15) is 6.10 Å². The highest BCUT2D eigenvalue weighted by atomic mass is 35.5. The normalized spacial score (nSPS) is 13.1. The van der Waals surface area contributed by atoms with Crippen LogP contribution in [-0.4, -0.2) is 7.11 Å². The van der Waals surface area contributed by atoms with Gasteiger partial charge >= 0.3 is 0 Å². The molecule has 0 heterocycles. The Morgan fingerprint density at radius 2 is 1.43 bits per heavy atom. The number of benzene rings is 2. The van der Waals surface area contributed by atoms with Crippen LogP contribution in [0.4, 0.5) is 0 Å². The van der Waals surface area contributed by atoms with Gasteiger partial charge in [-0.1, -0.05) is 71.8 Å². The summed E-state index contributed by atoms with van der Waals surface area (Å²) in [4.78, 5) is 0. The van der Waals surface area contributed by atoms with Crippen molar-refractivity contribution in [3.63, 3.8) is 0 Å². The number of allylic oxidation sites excluding steroid dienone is 2. The van der Waals surface area contributed by atoms with Crippen molar-refractivity contribution < 1.29 is 4.74 Å². The fourth-order valence-corrected chi connectivity index (χ4v) is 2.14. The Balaban J connectivity index is 2.01. The Hall–Kier alpha value is -1.54. The van der Waals surface area contributed by atoms with E-state index in [9.17, 15) is 0 Å². The number of ether oxygens (including phenoxy) is 1. The first kappa shape index (κ1) is 15.8. The van der Waals surface area contributed by atoms with Gasteiger partial charge in [-0.3, -0.25) is 0 Å². The predicted octanol–water partition coefficient (Wildman–Crippen LogP) is 5.95. The lowest BCUT2D eigenvalue weighted by molar-refractivity contribution is 0.143. The maximum atomic E-state index is 5.89. The fourth-order valence-electron chi connectivity index (χ4n) is 1.88. The van der Waals surface area contributed by atoms with Crippen molar-refractivity contribution in [3.05, 3.63) is 87.9 Å². The maximum absolute atomic E-state index is 5.89. The van der Waals surface area contributed by atoms with Gasteiger partial charge in [-0.25, -0.2) is 0 Å². The number of halogens is 2. The zero-order valence-corrected chi connectivity index (χ0v) is 13.2. The second kappa shape index (κ2) is 8.04. The lowest BCUT2D eigenvalue weighted by atomic mass is 10.1. The lowest BCUT2D eigenvalue weighted by Crippen LogP contribution is -1.96. The van der Waals surface area contributed by atoms with E-state index in [2.05, 4.69) is 0 Å². The molecule has 2 aromatic rings. The SMILES string of the molecule is COC(/C=C/C=C/c1ccc(Cl)cc1)c1ccc(Cl)cc1. The number of rotatable bonds is 5. The highest BCUT2D eigenvalue weighted by molar-refractivity contribution is 6.30. The second-order valence-corrected chi connectivity index (χ2v) is 5.38. The minimum Gasteiger partial charge on any atom is -0.373 e. The molecular formula is C18H16Cl2O. The second-order valence-electron chi connectivity index (χ2n) is 4.50. The average Bonchev–Trinajstić information content (AvgIpc) is 2.50. The average molecular weight is 319 g/mol. The molecule has 21 heavy (non-hydrogen) atoms. The molecule has 1 atom stereocenters. The Morgan fingerprint density at radius 1 is 0.857 bits per heavy atom. The molecule has 0 amide bonds. The molecule has 2 aromatic carbocycles. The molecule has 0 fully saturated rings. The summed E-state index contributed by atoms with van der Waals surface area (Å²) in [6.07, 6.45) is 7.87. The van der Waals surface area contributed by atoms with E-state index in [0.29, 0.717) is 0 Å². The van der Waals surface area contributed by atoms with Crippen LogP contribution in [0.25, 0.3) is 6.08 Å². The van der Waals surface area contributed by atoms with E-state index in [4.69, 9.17) is 27.9 Å². The van der Waals surface area contributed by atoms with Crippen LogP contribution in [-0.2, 0) is 4.74 Å². The number of hydrogen-bond donors (Lipinski definition) is 0. The molecule has 0 saturated carbocycles. The molecule has 0 bridgehead atoms. The smallest absolute Gasteiger partial charge is 0.101 e. The zero-order chi connectivity index (χ0) is 15.1. The van der Waals surface area contributed by atoms with Gasteiger partial charge in [-0.2, -0.15) is 0 Å². The first-order valence-electron chi connectivity index (χ1n) is 6.58. The van der Waals surface area contributed by atoms with Gasteiger partial charge in [0.2, 0.25) is 0 Å². The van der Waals surface area contributed by atoms with Crippen LogP contribution in [0, 0.1) is 0 Å². The molecule has 0 aliphatic rings. The summed E-state index contributed by atoms with van der Waals surface area (Å²) in [6.45, 7) is 0. The topological polar surface area (TPSA) is 9.23 Å². The third-order valence-electron chi connectivity index (χ3n) is 3.01. The molecule has 1 unspecified atom stereocenters. The Morgan fingerprint density at radius 3 is 2.00 bits per heavy atom. The molecule has 0 aromatic heterocycles. The van der Waals surface area contributed by atoms with E-state index in [1.165, 1.54) is 0 Å². The van der Waals surface area contributed by atoms with E-state index in [1.54, 1.807) is 7.11 Å². The van der Waals surface area contributed by atoms with E-state index in [-0.39, 0.29) is 6.10 Å². The van der Waals surface area contributed by atoms with Gasteiger partial charge in [0.05, 0.1) is 0 Å². The molecule has 2 rings (SSSR count). The molecule has 0 spiro atoms. The molecule has 0 N–H and O–H groups in total. The molecule has 0 saturated heterocycles. The van der Waals surface area contributed by atoms with Crippen LogP contribution in [0.5, 0.6) is 0 Å². The summed E-state index contributed by atoms with van der Waals surface area (Å²) in [6, 6.07) is 15.3. The standard InChI is InChI=1S/C18H16Cl2O/c1-21-18(15-8-12-17(20)13-9-15)5-3-2-4-14-6-10-16(19)11-7-14/h2-13,18H,1H3/b4-2+,5-3+. The van der Waals surface area contributed by atoms with Crippen molar-refractivity contribution in [3.8, 4) is 0 Å². The van der Waals surface area contributed by atoms with Gasteiger partial charge in [0, 0.05) is 17.2 Å². The van der Waals surface area contributed by atoms with Crippen molar-refractivity contribution in [2.24, 2.45) is 0 Å². The van der Waals surface area contributed by atoms with Crippen molar-refractivity contribution >= 4 is 29.3 Å². The van der Waals surface area contributed by atoms with E-state index >= 15 is 0 Å². The Kier molecular flexibility index (Phi) is 6.06. The first-order chi connectivity index (χ1) is 10.2. The maximum Gasteiger partial charge on any atom is 0.101 e. The summed E-state index contributed by atoms with van der Waals surface area (Å²) < 4.78 is 5.46. The summed E-state index contributed by atoms with van der Waals surface area (Å²) >= 11 is 11.7. The van der Waals surface area contributed by atoms with E-state index < -0.39 is 0 Å². The van der Waals surface area contributed by atoms with Crippen LogP contribution >= 0.6 is 23.2 Å². The summed E-state index contributed by atoms with van der Waals surface area (Å²) in [5.41, 5.74) is 2.17. The van der Waals surface area contributed by atoms with Gasteiger partial charge in [-0.05, 0) is 35.4 Å². The fraction of sp³-hybridized carbons (Fsp3) is 0.111. The van der Waals surface area contributed by atoms with Crippen molar-refractivity contribution in [2.75, 3.05) is 7.11 Å². The summed E-state index contributed by atoms with van der Waals surface area (Å²) in [5.74, 6) is 0. The highest BCUT2D eigenvalue weighted by Gasteiger charge is 2.04. The van der Waals surface area contributed by atoms with Gasteiger partial charge in [0.25, 0.3) is 0 Å². The van der Waals surface area contributed by atoms with Crippen LogP contribution in [0.2, 0.25) is 10.0 Å². The molecule has 0 aliphatic carbocycles. The van der Waals surface area contributed by atoms with Crippen LogP contribution < -0.4 is 0 Å². The summed E-state index contributed by atoms with van der Waals surface area (Å²) in [7, 11) is 1.69. The highest BCUT2D eigenvalue weighted by Crippen LogP contribution is 2.20. The van der Waals surface area contributed by atoms with Crippen LogP contribution in [0.1, 0.15) is 17.2 Å². The van der Waals surface area contributed by atoms with E-state index in [1.807, 2.05) is 72.8 Å². The first-order valence-corrected chi connectivity index (χ1v) is 7.33. The predicted molar refractivity (Wildman–Crippen MR) is 90.8 cm³/mol. The van der Waals surface area contributed by atoms with Gasteiger partial charge < -0.3 is 4.74 Å². The van der Waals surface area contributed by atoms with Gasteiger partial charge in [-0.15, -0.1) is 0 Å². The lowest BCUT2D eigenvalue weighted by Gasteiger charge is -2.10. The molecule has 0 aliphatic heterocycles. The van der Waals surface area contributed by atoms with Gasteiger partial charge in [0.15, 0.2) is 0 Å². The minimum absolute atomic E-state index is 0.0860. The van der Waals surface area contributed by atoms with Crippen molar-refractivity contribution in [2.45, 2.75) is 6.10 Å². The van der Waals surface area contributed by atoms with Crippen LogP contribution in [0.3, 0.4) is 0 Å². The van der Waals surface area contributed by atoms with Crippen LogP contribution in [0.15, 0.2) is 66.8 Å². The Bertz CT molecular complexity index is 613. The Labute approximate surface area is 135 Å². The zero-order valence-electron chi connectivity index (χ0n) is 11.7. The largest absolute Gasteiger partial charge is 0.373 e. The monoisotopic (exact) mass is 318 g/mol. The molecule has 3 heteroatoms. The number of methoxy groups -OCH3 is 1. The van der Waals surface area contributed by atoms with E-state index in [0.717, 1.165) is 21.2 Å².